The first kappa shape index (κ1) is 34.6. The van der Waals surface area contributed by atoms with Gasteiger partial charge >= 0.3 is 0 Å². The Hall–Kier alpha value is -3.93. The summed E-state index contributed by atoms with van der Waals surface area (Å²) >= 11 is 0. The van der Waals surface area contributed by atoms with Crippen molar-refractivity contribution in [1.29, 1.82) is 0 Å². The van der Waals surface area contributed by atoms with Crippen molar-refractivity contribution in [1.82, 2.24) is 0 Å². The van der Waals surface area contributed by atoms with Crippen LogP contribution in [-0.4, -0.2) is 32.7 Å². The maximum absolute atomic E-state index is 15.2. The summed E-state index contributed by atoms with van der Waals surface area (Å²) in [4.78, 5) is 44.2. The van der Waals surface area contributed by atoms with Crippen molar-refractivity contribution >= 4 is 17.3 Å². The van der Waals surface area contributed by atoms with E-state index in [1.165, 1.54) is 6.07 Å². The third kappa shape index (κ3) is 5.91. The Labute approximate surface area is 262 Å². The minimum atomic E-state index is -1.66. The highest BCUT2D eigenvalue weighted by Crippen LogP contribution is 2.66. The molecule has 1 saturated carbocycles. The predicted molar refractivity (Wildman–Crippen MR) is 176 cm³/mol. The molecule has 3 N–H and O–H groups in total. The molecule has 0 spiro atoms. The number of ketones is 3. The third-order valence-electron chi connectivity index (χ3n) is 9.55. The van der Waals surface area contributed by atoms with Crippen LogP contribution < -0.4 is 0 Å². The van der Waals surface area contributed by atoms with Gasteiger partial charge in [-0.15, -0.1) is 0 Å². The van der Waals surface area contributed by atoms with Crippen molar-refractivity contribution < 1.29 is 29.7 Å². The van der Waals surface area contributed by atoms with Gasteiger partial charge in [-0.3, -0.25) is 14.4 Å². The fourth-order valence-corrected chi connectivity index (χ4v) is 6.64. The summed E-state index contributed by atoms with van der Waals surface area (Å²) in [5.41, 5.74) is -0.199. The molecule has 6 nitrogen and oxygen atoms in total. The molecule has 2 bridgehead atoms. The molecule has 0 amide bonds. The number of carbonyl (C=O) groups excluding carboxylic acids is 3. The van der Waals surface area contributed by atoms with Crippen LogP contribution in [0.2, 0.25) is 0 Å². The maximum Gasteiger partial charge on any atom is 0.200 e. The fraction of sp³-hybridized carbons (Fsp3) is 0.447. The predicted octanol–water partition coefficient (Wildman–Crippen LogP) is 8.83. The average Bonchev–Trinajstić information content (AvgIpc) is 2.91. The van der Waals surface area contributed by atoms with Crippen molar-refractivity contribution in [3.05, 3.63) is 93.8 Å². The number of hydrogen-bond donors (Lipinski definition) is 3. The van der Waals surface area contributed by atoms with Crippen LogP contribution in [0.3, 0.4) is 0 Å². The number of phenols is 2. The van der Waals surface area contributed by atoms with E-state index in [0.29, 0.717) is 18.4 Å². The molecule has 236 valence electrons. The molecule has 0 heterocycles. The number of hydrogen-bond acceptors (Lipinski definition) is 6. The van der Waals surface area contributed by atoms with Gasteiger partial charge in [0, 0.05) is 5.56 Å². The number of aromatic hydroxyl groups is 2. The smallest absolute Gasteiger partial charge is 0.200 e. The van der Waals surface area contributed by atoms with Gasteiger partial charge in [0.2, 0.25) is 0 Å². The van der Waals surface area contributed by atoms with Crippen LogP contribution in [0.4, 0.5) is 0 Å². The summed E-state index contributed by atoms with van der Waals surface area (Å²) in [5.74, 6) is -3.66. The standard InChI is InChI=1S/C38H48O6/c1-22(2)11-13-27(25(7)8)20-37-21-28(15-12-23(3)4)36(9,10)38(35(37)44,18-17-24(5)6)34(43)31(33(37)42)32(41)26-14-16-29(39)30(40)19-26/h11-12,14,16-17,19-20,28,39-40,42H,7,13,15,18,21H2,1-6,8-10H3/b27-20-/t28-,37-,38+/m1/s1. The maximum atomic E-state index is 15.2. The van der Waals surface area contributed by atoms with Gasteiger partial charge in [-0.05, 0) is 109 Å². The number of phenolic OH excluding ortho intramolecular Hbond substituents is 2. The third-order valence-corrected chi connectivity index (χ3v) is 9.55. The van der Waals surface area contributed by atoms with Gasteiger partial charge in [-0.25, -0.2) is 0 Å². The highest BCUT2D eigenvalue weighted by molar-refractivity contribution is 6.35. The Bertz CT molecular complexity index is 1550. The van der Waals surface area contributed by atoms with E-state index < -0.39 is 56.4 Å². The Morgan fingerprint density at radius 3 is 2.02 bits per heavy atom. The van der Waals surface area contributed by atoms with E-state index in [4.69, 9.17) is 0 Å². The highest BCUT2D eigenvalue weighted by Gasteiger charge is 2.72. The summed E-state index contributed by atoms with van der Waals surface area (Å²) in [6.45, 7) is 21.6. The molecular formula is C38H48O6. The molecule has 0 radical (unpaired) electrons. The lowest BCUT2D eigenvalue weighted by atomic mass is 9.40. The number of allylic oxidation sites excluding steroid dienone is 10. The highest BCUT2D eigenvalue weighted by atomic mass is 16.3. The van der Waals surface area contributed by atoms with E-state index in [1.807, 2.05) is 74.5 Å². The van der Waals surface area contributed by atoms with Crippen LogP contribution in [0.5, 0.6) is 11.5 Å². The molecule has 0 unspecified atom stereocenters. The number of rotatable bonds is 10. The van der Waals surface area contributed by atoms with Gasteiger partial charge in [0.15, 0.2) is 28.8 Å². The van der Waals surface area contributed by atoms with Crippen molar-refractivity contribution in [2.75, 3.05) is 0 Å². The van der Waals surface area contributed by atoms with Crippen LogP contribution in [0, 0.1) is 22.2 Å². The van der Waals surface area contributed by atoms with Crippen molar-refractivity contribution in [2.24, 2.45) is 22.2 Å². The topological polar surface area (TPSA) is 112 Å². The zero-order valence-corrected chi connectivity index (χ0v) is 27.7. The average molecular weight is 601 g/mol. The van der Waals surface area contributed by atoms with Crippen LogP contribution in [-0.2, 0) is 9.59 Å². The van der Waals surface area contributed by atoms with Crippen molar-refractivity contribution in [3.63, 3.8) is 0 Å². The molecule has 44 heavy (non-hydrogen) atoms. The first-order valence-electron chi connectivity index (χ1n) is 15.2. The summed E-state index contributed by atoms with van der Waals surface area (Å²) in [6, 6.07) is 3.52. The molecule has 0 aromatic heterocycles. The minimum Gasteiger partial charge on any atom is -0.510 e. The number of aliphatic hydroxyl groups excluding tert-OH is 1. The summed E-state index contributed by atoms with van der Waals surface area (Å²) in [7, 11) is 0. The van der Waals surface area contributed by atoms with Gasteiger partial charge in [-0.1, -0.05) is 67.0 Å². The molecule has 1 aromatic carbocycles. The second kappa shape index (κ2) is 12.6. The van der Waals surface area contributed by atoms with Crippen LogP contribution in [0.15, 0.2) is 88.3 Å². The number of carbonyl (C=O) groups is 3. The van der Waals surface area contributed by atoms with Gasteiger partial charge in [0.1, 0.15) is 22.2 Å². The molecule has 6 heteroatoms. The van der Waals surface area contributed by atoms with E-state index in [1.54, 1.807) is 6.08 Å². The van der Waals surface area contributed by atoms with Crippen LogP contribution in [0.1, 0.15) is 98.4 Å². The lowest BCUT2D eigenvalue weighted by molar-refractivity contribution is -0.167. The van der Waals surface area contributed by atoms with Gasteiger partial charge < -0.3 is 15.3 Å². The molecule has 2 aliphatic rings. The largest absolute Gasteiger partial charge is 0.510 e. The number of benzene rings is 1. The van der Waals surface area contributed by atoms with E-state index in [9.17, 15) is 24.9 Å². The minimum absolute atomic E-state index is 0.0716. The van der Waals surface area contributed by atoms with Crippen molar-refractivity contribution in [3.8, 4) is 11.5 Å². The molecule has 3 rings (SSSR count). The van der Waals surface area contributed by atoms with E-state index in [0.717, 1.165) is 34.4 Å². The van der Waals surface area contributed by atoms with Crippen LogP contribution in [0.25, 0.3) is 0 Å². The van der Waals surface area contributed by atoms with Crippen molar-refractivity contribution in [2.45, 2.75) is 88.0 Å². The zero-order valence-electron chi connectivity index (χ0n) is 27.7. The summed E-state index contributed by atoms with van der Waals surface area (Å²) in [6.07, 6.45) is 9.06. The molecule has 0 saturated heterocycles. The quantitative estimate of drug-likeness (QED) is 0.0618. The van der Waals surface area contributed by atoms with Gasteiger partial charge in [0.05, 0.1) is 0 Å². The molecule has 1 aromatic rings. The fourth-order valence-electron chi connectivity index (χ4n) is 6.64. The first-order valence-corrected chi connectivity index (χ1v) is 15.2. The number of Topliss-reactive ketones (excluding diaryl/α,β-unsaturated/α-hetero) is 3. The Kier molecular flexibility index (Phi) is 9.89. The first-order chi connectivity index (χ1) is 20.3. The second-order valence-corrected chi connectivity index (χ2v) is 13.9. The zero-order chi connectivity index (χ0) is 33.4. The lowest BCUT2D eigenvalue weighted by Crippen LogP contribution is -2.66. The summed E-state index contributed by atoms with van der Waals surface area (Å²) < 4.78 is 0. The lowest BCUT2D eigenvalue weighted by Gasteiger charge is -2.59. The summed E-state index contributed by atoms with van der Waals surface area (Å²) in [5, 5.41) is 32.2. The number of fused-ring (bicyclic) bond motifs is 2. The molecule has 3 atom stereocenters. The molecular weight excluding hydrogens is 552 g/mol. The Balaban J connectivity index is 2.54. The monoisotopic (exact) mass is 600 g/mol. The normalized spacial score (nSPS) is 24.5. The second-order valence-electron chi connectivity index (χ2n) is 13.9. The molecule has 1 fully saturated rings. The Morgan fingerprint density at radius 2 is 1.50 bits per heavy atom. The van der Waals surface area contributed by atoms with Gasteiger partial charge in [-0.2, -0.15) is 0 Å². The number of aliphatic hydroxyl groups is 1. The van der Waals surface area contributed by atoms with E-state index in [2.05, 4.69) is 12.7 Å². The van der Waals surface area contributed by atoms with E-state index in [-0.39, 0.29) is 24.3 Å². The molecule has 2 aliphatic carbocycles. The SMILES string of the molecule is C=C(C)/C(=C\[C@@]12C[C@@H](CC=C(C)C)C(C)(C)[C@@](CC=C(C)C)(C(=O)C(C(=O)c3ccc(O)c(O)c3)=C1O)C2=O)CC=C(C)C. The van der Waals surface area contributed by atoms with Gasteiger partial charge in [0.25, 0.3) is 0 Å². The Morgan fingerprint density at radius 1 is 0.909 bits per heavy atom. The molecule has 0 aliphatic heterocycles. The van der Waals surface area contributed by atoms with Crippen LogP contribution >= 0.6 is 0 Å². The van der Waals surface area contributed by atoms with E-state index >= 15 is 4.79 Å².